The molecule has 2 heteroatoms. The zero-order valence-corrected chi connectivity index (χ0v) is 10.3. The van der Waals surface area contributed by atoms with Gasteiger partial charge in [0.05, 0.1) is 0 Å². The molecule has 1 aliphatic carbocycles. The van der Waals surface area contributed by atoms with Crippen LogP contribution in [-0.2, 0) is 10.2 Å². The lowest BCUT2D eigenvalue weighted by atomic mass is 9.72. The summed E-state index contributed by atoms with van der Waals surface area (Å²) in [6.45, 7) is 0. The maximum absolute atomic E-state index is 10.6. The van der Waals surface area contributed by atoms with Crippen molar-refractivity contribution in [3.63, 3.8) is 0 Å². The molecule has 86 valence electrons. The van der Waals surface area contributed by atoms with E-state index in [9.17, 15) is 4.79 Å². The predicted octanol–water partition coefficient (Wildman–Crippen LogP) is 3.40. The van der Waals surface area contributed by atoms with E-state index < -0.39 is 0 Å². The summed E-state index contributed by atoms with van der Waals surface area (Å²) >= 11 is 5.48. The zero-order valence-electron chi connectivity index (χ0n) is 9.50. The van der Waals surface area contributed by atoms with E-state index in [0.29, 0.717) is 6.42 Å². The van der Waals surface area contributed by atoms with E-state index in [-0.39, 0.29) is 5.41 Å². The molecule has 0 bridgehead atoms. The molecule has 0 heterocycles. The average Bonchev–Trinajstić information content (AvgIpc) is 2.39. The molecule has 0 saturated carbocycles. The van der Waals surface area contributed by atoms with E-state index in [0.717, 1.165) is 23.1 Å². The van der Waals surface area contributed by atoms with Crippen LogP contribution in [-0.4, -0.2) is 11.2 Å². The first kappa shape index (κ1) is 11.9. The molecule has 0 N–H and O–H groups in total. The van der Waals surface area contributed by atoms with Crippen LogP contribution in [0.2, 0.25) is 0 Å². The van der Waals surface area contributed by atoms with Crippen LogP contribution in [0, 0.1) is 0 Å². The molecule has 0 saturated heterocycles. The summed E-state index contributed by atoms with van der Waals surface area (Å²) in [5.74, 6) is 0. The van der Waals surface area contributed by atoms with Crippen molar-refractivity contribution in [3.8, 4) is 0 Å². The number of carbonyl (C=O) groups excluding carboxylic acids is 1. The highest BCUT2D eigenvalue weighted by molar-refractivity contribution is 7.81. The summed E-state index contributed by atoms with van der Waals surface area (Å²) in [7, 11) is 0. The highest BCUT2D eigenvalue weighted by Gasteiger charge is 2.33. The van der Waals surface area contributed by atoms with Gasteiger partial charge < -0.3 is 4.79 Å². The van der Waals surface area contributed by atoms with Crippen LogP contribution in [0.4, 0.5) is 0 Å². The Morgan fingerprint density at radius 1 is 1.18 bits per heavy atom. The Hall–Kier alpha value is -1.54. The zero-order chi connectivity index (χ0) is 12.1. The Morgan fingerprint density at radius 3 is 2.59 bits per heavy atom. The fraction of sp³-hybridized carbons (Fsp3) is 0.200. The molecule has 1 unspecified atom stereocenters. The quantitative estimate of drug-likeness (QED) is 0.594. The van der Waals surface area contributed by atoms with Gasteiger partial charge in [-0.1, -0.05) is 60.8 Å². The van der Waals surface area contributed by atoms with E-state index in [1.165, 1.54) is 0 Å². The van der Waals surface area contributed by atoms with Crippen molar-refractivity contribution in [2.24, 2.45) is 0 Å². The average molecular weight is 242 g/mol. The molecule has 0 aromatic heterocycles. The van der Waals surface area contributed by atoms with Gasteiger partial charge in [-0.25, -0.2) is 0 Å². The van der Waals surface area contributed by atoms with E-state index in [1.54, 1.807) is 0 Å². The summed E-state index contributed by atoms with van der Waals surface area (Å²) in [6, 6.07) is 10.1. The molecule has 1 aromatic rings. The summed E-state index contributed by atoms with van der Waals surface area (Å²) in [4.78, 5) is 11.5. The standard InChI is InChI=1S/C15H14OS/c16-12-6-11-15(10-5-4-9-14(15)17)13-7-2-1-3-8-13/h1-5,7-10,12H,6,11H2. The lowest BCUT2D eigenvalue weighted by molar-refractivity contribution is -0.108. The van der Waals surface area contributed by atoms with Gasteiger partial charge in [-0.15, -0.1) is 0 Å². The molecule has 0 amide bonds. The number of thiocarbonyl (C=S) groups is 1. The minimum absolute atomic E-state index is 0.285. The second-order valence-corrected chi connectivity index (χ2v) is 4.57. The van der Waals surface area contributed by atoms with Crippen LogP contribution in [0.25, 0.3) is 0 Å². The summed E-state index contributed by atoms with van der Waals surface area (Å²) in [6.07, 6.45) is 10.2. The van der Waals surface area contributed by atoms with Crippen LogP contribution in [0.1, 0.15) is 18.4 Å². The topological polar surface area (TPSA) is 17.1 Å². The van der Waals surface area contributed by atoms with Crippen molar-refractivity contribution in [3.05, 3.63) is 60.2 Å². The molecule has 17 heavy (non-hydrogen) atoms. The van der Waals surface area contributed by atoms with Crippen LogP contribution in [0.15, 0.2) is 54.6 Å². The van der Waals surface area contributed by atoms with E-state index in [4.69, 9.17) is 12.2 Å². The van der Waals surface area contributed by atoms with Gasteiger partial charge in [0.25, 0.3) is 0 Å². The Morgan fingerprint density at radius 2 is 1.94 bits per heavy atom. The molecule has 1 atom stereocenters. The molecule has 0 aliphatic heterocycles. The number of hydrogen-bond donors (Lipinski definition) is 0. The number of allylic oxidation sites excluding steroid dienone is 4. The lowest BCUT2D eigenvalue weighted by Gasteiger charge is -2.32. The smallest absolute Gasteiger partial charge is 0.120 e. The lowest BCUT2D eigenvalue weighted by Crippen LogP contribution is -2.32. The van der Waals surface area contributed by atoms with Gasteiger partial charge in [-0.3, -0.25) is 0 Å². The summed E-state index contributed by atoms with van der Waals surface area (Å²) in [5.41, 5.74) is 0.874. The Labute approximate surface area is 107 Å². The number of rotatable bonds is 4. The first-order valence-electron chi connectivity index (χ1n) is 5.69. The second-order valence-electron chi connectivity index (χ2n) is 4.13. The van der Waals surface area contributed by atoms with Crippen molar-refractivity contribution < 1.29 is 4.79 Å². The minimum atomic E-state index is -0.285. The van der Waals surface area contributed by atoms with Crippen molar-refractivity contribution in [1.82, 2.24) is 0 Å². The monoisotopic (exact) mass is 242 g/mol. The van der Waals surface area contributed by atoms with E-state index >= 15 is 0 Å². The van der Waals surface area contributed by atoms with Gasteiger partial charge in [-0.2, -0.15) is 0 Å². The van der Waals surface area contributed by atoms with Gasteiger partial charge in [0.1, 0.15) is 6.29 Å². The Bertz CT molecular complexity index is 473. The molecule has 0 spiro atoms. The molecule has 1 aliphatic rings. The first-order valence-corrected chi connectivity index (χ1v) is 6.10. The largest absolute Gasteiger partial charge is 0.303 e. The third kappa shape index (κ3) is 2.27. The first-order chi connectivity index (χ1) is 8.29. The van der Waals surface area contributed by atoms with Crippen LogP contribution in [0.5, 0.6) is 0 Å². The normalized spacial score (nSPS) is 22.7. The SMILES string of the molecule is O=CCCC1(c2ccccc2)C=CC=CC1=S. The Balaban J connectivity index is 2.44. The molecule has 0 radical (unpaired) electrons. The van der Waals surface area contributed by atoms with Crippen molar-refractivity contribution in [2.45, 2.75) is 18.3 Å². The summed E-state index contributed by atoms with van der Waals surface area (Å²) < 4.78 is 0. The maximum atomic E-state index is 10.6. The van der Waals surface area contributed by atoms with Crippen LogP contribution < -0.4 is 0 Å². The number of benzene rings is 1. The van der Waals surface area contributed by atoms with Crippen molar-refractivity contribution >= 4 is 23.4 Å². The number of hydrogen-bond acceptors (Lipinski definition) is 2. The van der Waals surface area contributed by atoms with Gasteiger partial charge in [0, 0.05) is 16.7 Å². The predicted molar refractivity (Wildman–Crippen MR) is 74.3 cm³/mol. The second kappa shape index (κ2) is 5.19. The fourth-order valence-corrected chi connectivity index (χ4v) is 2.57. The van der Waals surface area contributed by atoms with Crippen molar-refractivity contribution in [2.75, 3.05) is 0 Å². The molecule has 1 aromatic carbocycles. The third-order valence-corrected chi connectivity index (χ3v) is 3.62. The molecule has 2 rings (SSSR count). The Kier molecular flexibility index (Phi) is 3.64. The van der Waals surface area contributed by atoms with Gasteiger partial charge in [0.15, 0.2) is 0 Å². The number of aldehydes is 1. The molecular weight excluding hydrogens is 228 g/mol. The van der Waals surface area contributed by atoms with E-state index in [1.807, 2.05) is 36.4 Å². The highest BCUT2D eigenvalue weighted by Crippen LogP contribution is 2.35. The fourth-order valence-electron chi connectivity index (χ4n) is 2.21. The molecular formula is C15H14OS. The molecule has 0 fully saturated rings. The van der Waals surface area contributed by atoms with E-state index in [2.05, 4.69) is 18.2 Å². The maximum Gasteiger partial charge on any atom is 0.120 e. The third-order valence-electron chi connectivity index (χ3n) is 3.12. The highest BCUT2D eigenvalue weighted by atomic mass is 32.1. The van der Waals surface area contributed by atoms with Crippen LogP contribution >= 0.6 is 12.2 Å². The van der Waals surface area contributed by atoms with Gasteiger partial charge >= 0.3 is 0 Å². The minimum Gasteiger partial charge on any atom is -0.303 e. The van der Waals surface area contributed by atoms with Gasteiger partial charge in [0.2, 0.25) is 0 Å². The summed E-state index contributed by atoms with van der Waals surface area (Å²) in [5, 5.41) is 0. The number of carbonyl (C=O) groups is 1. The van der Waals surface area contributed by atoms with Crippen LogP contribution in [0.3, 0.4) is 0 Å². The molecule has 1 nitrogen and oxygen atoms in total. The van der Waals surface area contributed by atoms with Gasteiger partial charge in [-0.05, 0) is 18.1 Å². The van der Waals surface area contributed by atoms with Crippen molar-refractivity contribution in [1.29, 1.82) is 0 Å².